The van der Waals surface area contributed by atoms with Crippen molar-refractivity contribution < 1.29 is 13.2 Å². The lowest BCUT2D eigenvalue weighted by atomic mass is 10.0. The highest BCUT2D eigenvalue weighted by Gasteiger charge is 2.21. The van der Waals surface area contributed by atoms with Crippen LogP contribution in [0.1, 0.15) is 56.8 Å². The van der Waals surface area contributed by atoms with Crippen LogP contribution in [0.2, 0.25) is 0 Å². The summed E-state index contributed by atoms with van der Waals surface area (Å²) in [6.07, 6.45) is 4.76. The molecule has 1 fully saturated rings. The zero-order chi connectivity index (χ0) is 19.9. The third-order valence-electron chi connectivity index (χ3n) is 5.31. The zero-order valence-electron chi connectivity index (χ0n) is 16.8. The van der Waals surface area contributed by atoms with Crippen LogP contribution in [-0.2, 0) is 10.0 Å². The summed E-state index contributed by atoms with van der Waals surface area (Å²) in [6, 6.07) is 6.82. The molecule has 0 spiro atoms. The fourth-order valence-corrected chi connectivity index (χ4v) is 5.02. The Morgan fingerprint density at radius 3 is 2.44 bits per heavy atom. The van der Waals surface area contributed by atoms with Crippen molar-refractivity contribution in [1.82, 2.24) is 14.5 Å². The predicted octanol–water partition coefficient (Wildman–Crippen LogP) is 2.71. The van der Waals surface area contributed by atoms with Gasteiger partial charge in [-0.3, -0.25) is 4.79 Å². The van der Waals surface area contributed by atoms with Crippen molar-refractivity contribution in [2.45, 2.75) is 57.4 Å². The molecule has 0 aromatic heterocycles. The van der Waals surface area contributed by atoms with E-state index in [4.69, 9.17) is 0 Å². The molecule has 0 bridgehead atoms. The molecule has 1 aliphatic rings. The molecule has 1 amide bonds. The van der Waals surface area contributed by atoms with Gasteiger partial charge in [0.1, 0.15) is 0 Å². The van der Waals surface area contributed by atoms with E-state index in [0.29, 0.717) is 31.2 Å². The Hall–Kier alpha value is -1.44. The fourth-order valence-electron chi connectivity index (χ4n) is 3.57. The second kappa shape index (κ2) is 10.2. The lowest BCUT2D eigenvalue weighted by molar-refractivity contribution is 0.0948. The number of hydrogen-bond donors (Lipinski definition) is 1. The quantitative estimate of drug-likeness (QED) is 0.653. The maximum Gasteiger partial charge on any atom is 0.251 e. The normalized spacial score (nSPS) is 18.6. The molecule has 0 aliphatic carbocycles. The summed E-state index contributed by atoms with van der Waals surface area (Å²) in [7, 11) is -3.49. The van der Waals surface area contributed by atoms with E-state index < -0.39 is 10.0 Å². The van der Waals surface area contributed by atoms with E-state index in [1.165, 1.54) is 35.7 Å². The molecule has 1 aromatic rings. The van der Waals surface area contributed by atoms with Crippen molar-refractivity contribution >= 4 is 15.9 Å². The number of carbonyl (C=O) groups excluding carboxylic acids is 1. The number of piperidine rings is 1. The molecule has 2 rings (SSSR count). The highest BCUT2D eigenvalue weighted by Crippen LogP contribution is 2.17. The molecule has 1 N–H and O–H groups in total. The minimum absolute atomic E-state index is 0.159. The number of benzene rings is 1. The van der Waals surface area contributed by atoms with E-state index in [0.717, 1.165) is 19.5 Å². The van der Waals surface area contributed by atoms with Crippen LogP contribution in [0.4, 0.5) is 0 Å². The highest BCUT2D eigenvalue weighted by atomic mass is 32.2. The number of rotatable bonds is 9. The van der Waals surface area contributed by atoms with Gasteiger partial charge < -0.3 is 10.2 Å². The molecule has 1 heterocycles. The van der Waals surface area contributed by atoms with Crippen LogP contribution in [-0.4, -0.2) is 62.3 Å². The van der Waals surface area contributed by atoms with Crippen LogP contribution in [0.25, 0.3) is 0 Å². The summed E-state index contributed by atoms with van der Waals surface area (Å²) in [6.45, 7) is 9.53. The average Bonchev–Trinajstić information content (AvgIpc) is 2.67. The van der Waals surface area contributed by atoms with Gasteiger partial charge in [0.05, 0.1) is 4.90 Å². The monoisotopic (exact) mass is 395 g/mol. The van der Waals surface area contributed by atoms with Gasteiger partial charge in [-0.05, 0) is 57.0 Å². The number of likely N-dealkylation sites (tertiary alicyclic amines) is 1. The van der Waals surface area contributed by atoms with Gasteiger partial charge in [-0.25, -0.2) is 8.42 Å². The Kier molecular flexibility index (Phi) is 8.26. The van der Waals surface area contributed by atoms with Gasteiger partial charge in [0.15, 0.2) is 0 Å². The molecule has 7 heteroatoms. The van der Waals surface area contributed by atoms with Crippen LogP contribution in [0, 0.1) is 0 Å². The van der Waals surface area contributed by atoms with Gasteiger partial charge in [0.2, 0.25) is 10.0 Å². The summed E-state index contributed by atoms with van der Waals surface area (Å²) in [5.41, 5.74) is 0.486. The van der Waals surface area contributed by atoms with Crippen molar-refractivity contribution in [3.63, 3.8) is 0 Å². The van der Waals surface area contributed by atoms with Crippen molar-refractivity contribution in [3.05, 3.63) is 29.8 Å². The van der Waals surface area contributed by atoms with Crippen molar-refractivity contribution in [1.29, 1.82) is 0 Å². The Labute approximate surface area is 164 Å². The van der Waals surface area contributed by atoms with E-state index in [1.807, 2.05) is 13.8 Å². The molecule has 1 aromatic carbocycles. The molecule has 0 unspecified atom stereocenters. The third kappa shape index (κ3) is 5.77. The Morgan fingerprint density at radius 1 is 1.19 bits per heavy atom. The van der Waals surface area contributed by atoms with Crippen molar-refractivity contribution in [2.75, 3.05) is 32.7 Å². The fraction of sp³-hybridized carbons (Fsp3) is 0.650. The average molecular weight is 396 g/mol. The van der Waals surface area contributed by atoms with E-state index >= 15 is 0 Å². The van der Waals surface area contributed by atoms with Gasteiger partial charge in [-0.1, -0.05) is 20.3 Å². The van der Waals surface area contributed by atoms with Gasteiger partial charge in [-0.2, -0.15) is 4.31 Å². The molecule has 27 heavy (non-hydrogen) atoms. The molecule has 152 valence electrons. The molecule has 1 atom stereocenters. The maximum absolute atomic E-state index is 12.5. The first-order chi connectivity index (χ1) is 12.9. The van der Waals surface area contributed by atoms with Crippen LogP contribution >= 0.6 is 0 Å². The van der Waals surface area contributed by atoms with Crippen molar-refractivity contribution in [2.24, 2.45) is 0 Å². The van der Waals surface area contributed by atoms with Crippen LogP contribution in [0.15, 0.2) is 29.2 Å². The number of carbonyl (C=O) groups is 1. The van der Waals surface area contributed by atoms with Gasteiger partial charge in [-0.15, -0.1) is 0 Å². The topological polar surface area (TPSA) is 69.7 Å². The van der Waals surface area contributed by atoms with E-state index in [-0.39, 0.29) is 10.8 Å². The Bertz CT molecular complexity index is 700. The number of sulfonamides is 1. The summed E-state index contributed by atoms with van der Waals surface area (Å²) < 4.78 is 26.4. The van der Waals surface area contributed by atoms with E-state index in [9.17, 15) is 13.2 Å². The Morgan fingerprint density at radius 2 is 1.85 bits per heavy atom. The van der Waals surface area contributed by atoms with Gasteiger partial charge in [0, 0.05) is 37.8 Å². The lowest BCUT2D eigenvalue weighted by Crippen LogP contribution is -2.39. The minimum atomic E-state index is -3.49. The summed E-state index contributed by atoms with van der Waals surface area (Å²) in [5, 5.41) is 2.93. The molecule has 1 saturated heterocycles. The molecular weight excluding hydrogens is 362 g/mol. The number of hydrogen-bond acceptors (Lipinski definition) is 4. The summed E-state index contributed by atoms with van der Waals surface area (Å²) in [5.74, 6) is -0.159. The molecule has 6 nitrogen and oxygen atoms in total. The first-order valence-electron chi connectivity index (χ1n) is 10.0. The number of nitrogens with zero attached hydrogens (tertiary/aromatic N) is 2. The highest BCUT2D eigenvalue weighted by molar-refractivity contribution is 7.89. The van der Waals surface area contributed by atoms with E-state index in [1.54, 1.807) is 12.1 Å². The first kappa shape index (κ1) is 21.9. The lowest BCUT2D eigenvalue weighted by Gasteiger charge is -2.33. The number of nitrogens with one attached hydrogen (secondary N) is 1. The number of amides is 1. The van der Waals surface area contributed by atoms with E-state index in [2.05, 4.69) is 17.1 Å². The maximum atomic E-state index is 12.5. The first-order valence-corrected chi connectivity index (χ1v) is 11.5. The zero-order valence-corrected chi connectivity index (χ0v) is 17.6. The molecule has 0 saturated carbocycles. The van der Waals surface area contributed by atoms with Crippen LogP contribution in [0.5, 0.6) is 0 Å². The predicted molar refractivity (Wildman–Crippen MR) is 108 cm³/mol. The second-order valence-electron chi connectivity index (χ2n) is 7.10. The molecular formula is C20H33N3O3S. The second-order valence-corrected chi connectivity index (χ2v) is 9.04. The van der Waals surface area contributed by atoms with Crippen LogP contribution in [0.3, 0.4) is 0 Å². The summed E-state index contributed by atoms with van der Waals surface area (Å²) in [4.78, 5) is 15.0. The third-order valence-corrected chi connectivity index (χ3v) is 7.37. The van der Waals surface area contributed by atoms with Crippen LogP contribution < -0.4 is 5.32 Å². The Balaban J connectivity index is 1.84. The van der Waals surface area contributed by atoms with Gasteiger partial charge in [0.25, 0.3) is 5.91 Å². The van der Waals surface area contributed by atoms with Crippen molar-refractivity contribution in [3.8, 4) is 0 Å². The van der Waals surface area contributed by atoms with Gasteiger partial charge >= 0.3 is 0 Å². The standard InChI is InChI=1S/C20H33N3O3S/c1-4-23(5-2)27(25,26)19-12-10-18(11-13-19)20(24)21-14-8-16-22-15-7-6-9-17(22)3/h10-13,17H,4-9,14-16H2,1-3H3,(H,21,24)/t17-/m1/s1. The minimum Gasteiger partial charge on any atom is -0.352 e. The molecule has 1 aliphatic heterocycles. The largest absolute Gasteiger partial charge is 0.352 e. The molecule has 0 radical (unpaired) electrons. The SMILES string of the molecule is CCN(CC)S(=O)(=O)c1ccc(C(=O)NCCCN2CCCC[C@H]2C)cc1. The smallest absolute Gasteiger partial charge is 0.251 e. The summed E-state index contributed by atoms with van der Waals surface area (Å²) >= 11 is 0.